The van der Waals surface area contributed by atoms with Crippen molar-refractivity contribution in [2.75, 3.05) is 11.9 Å². The summed E-state index contributed by atoms with van der Waals surface area (Å²) < 4.78 is 0. The molecule has 0 fully saturated rings. The molecule has 2 aromatic carbocycles. The van der Waals surface area contributed by atoms with Crippen molar-refractivity contribution in [3.63, 3.8) is 0 Å². The van der Waals surface area contributed by atoms with Crippen LogP contribution in [0.5, 0.6) is 0 Å². The van der Waals surface area contributed by atoms with Crippen LogP contribution in [0.1, 0.15) is 28.9 Å². The molecule has 0 radical (unpaired) electrons. The summed E-state index contributed by atoms with van der Waals surface area (Å²) in [4.78, 5) is 12.8. The number of rotatable bonds is 4. The topological polar surface area (TPSA) is 20.3 Å². The first-order valence-electron chi connectivity index (χ1n) is 6.26. The molecule has 0 amide bonds. The molecule has 20 heavy (non-hydrogen) atoms. The fourth-order valence-corrected chi connectivity index (χ4v) is 2.73. The summed E-state index contributed by atoms with van der Waals surface area (Å²) >= 11 is 12.5. The van der Waals surface area contributed by atoms with Crippen molar-refractivity contribution in [3.05, 3.63) is 63.6 Å². The van der Waals surface area contributed by atoms with E-state index in [9.17, 15) is 4.79 Å². The van der Waals surface area contributed by atoms with Crippen molar-refractivity contribution < 1.29 is 4.79 Å². The van der Waals surface area contributed by atoms with Crippen LogP contribution in [0, 0.1) is 0 Å². The Bertz CT molecular complexity index is 628. The lowest BCUT2D eigenvalue weighted by Gasteiger charge is -2.29. The summed E-state index contributed by atoms with van der Waals surface area (Å²) in [5, 5.41) is 1.28. The van der Waals surface area contributed by atoms with E-state index in [1.54, 1.807) is 12.1 Å². The summed E-state index contributed by atoms with van der Waals surface area (Å²) in [6.07, 6.45) is 0.785. The van der Waals surface area contributed by atoms with Gasteiger partial charge in [0.25, 0.3) is 0 Å². The van der Waals surface area contributed by atoms with Gasteiger partial charge in [0.05, 0.1) is 16.8 Å². The maximum Gasteiger partial charge on any atom is 0.150 e. The third-order valence-corrected chi connectivity index (χ3v) is 4.07. The number of hydrogen-bond acceptors (Lipinski definition) is 2. The van der Waals surface area contributed by atoms with E-state index in [1.165, 1.54) is 0 Å². The Morgan fingerprint density at radius 1 is 1.10 bits per heavy atom. The summed E-state index contributed by atoms with van der Waals surface area (Å²) in [5.41, 5.74) is 2.47. The van der Waals surface area contributed by atoms with Gasteiger partial charge in [-0.1, -0.05) is 41.4 Å². The van der Waals surface area contributed by atoms with Gasteiger partial charge in [-0.3, -0.25) is 4.79 Å². The minimum atomic E-state index is 0.0725. The van der Waals surface area contributed by atoms with Crippen molar-refractivity contribution in [3.8, 4) is 0 Å². The molecule has 0 bridgehead atoms. The van der Waals surface area contributed by atoms with Crippen LogP contribution < -0.4 is 4.90 Å². The Morgan fingerprint density at radius 3 is 2.40 bits per heavy atom. The maximum absolute atomic E-state index is 10.8. The third kappa shape index (κ3) is 2.97. The van der Waals surface area contributed by atoms with E-state index < -0.39 is 0 Å². The molecule has 0 spiro atoms. The van der Waals surface area contributed by atoms with Crippen LogP contribution in [0.2, 0.25) is 10.0 Å². The van der Waals surface area contributed by atoms with Gasteiger partial charge in [-0.05, 0) is 36.8 Å². The van der Waals surface area contributed by atoms with Crippen molar-refractivity contribution in [1.82, 2.24) is 0 Å². The number of nitrogens with zero attached hydrogens (tertiary/aromatic N) is 1. The number of aldehydes is 1. The number of benzene rings is 2. The number of carbonyl (C=O) groups is 1. The molecule has 0 aromatic heterocycles. The lowest BCUT2D eigenvalue weighted by molar-refractivity contribution is 0.112. The molecule has 0 aliphatic rings. The summed E-state index contributed by atoms with van der Waals surface area (Å²) in [7, 11) is 1.95. The van der Waals surface area contributed by atoms with Gasteiger partial charge in [-0.2, -0.15) is 0 Å². The molecule has 0 N–H and O–H groups in total. The minimum Gasteiger partial charge on any atom is -0.367 e. The van der Waals surface area contributed by atoms with Crippen LogP contribution >= 0.6 is 23.2 Å². The Balaban J connectivity index is 2.34. The van der Waals surface area contributed by atoms with E-state index in [4.69, 9.17) is 23.2 Å². The van der Waals surface area contributed by atoms with Gasteiger partial charge in [0.1, 0.15) is 6.29 Å². The van der Waals surface area contributed by atoms with Crippen LogP contribution in [-0.4, -0.2) is 13.3 Å². The molecule has 2 rings (SSSR count). The van der Waals surface area contributed by atoms with Crippen LogP contribution in [0.4, 0.5) is 5.69 Å². The Hall–Kier alpha value is -1.51. The van der Waals surface area contributed by atoms with Crippen LogP contribution in [0.25, 0.3) is 0 Å². The third-order valence-electron chi connectivity index (χ3n) is 3.42. The lowest BCUT2D eigenvalue weighted by Crippen LogP contribution is -2.22. The molecule has 4 heteroatoms. The first kappa shape index (κ1) is 14.9. The standard InChI is InChI=1S/C16H15Cl2NO/c1-11(13-5-3-4-6-14(13)17)19(2)16-8-7-12(10-20)9-15(16)18/h3-11H,1-2H3. The highest BCUT2D eigenvalue weighted by Crippen LogP contribution is 2.33. The smallest absolute Gasteiger partial charge is 0.150 e. The first-order valence-corrected chi connectivity index (χ1v) is 7.02. The summed E-state index contributed by atoms with van der Waals surface area (Å²) in [6, 6.07) is 13.1. The van der Waals surface area contributed by atoms with Crippen molar-refractivity contribution >= 4 is 35.2 Å². The predicted octanol–water partition coefficient (Wildman–Crippen LogP) is 5.00. The highest BCUT2D eigenvalue weighted by Gasteiger charge is 2.17. The second-order valence-electron chi connectivity index (χ2n) is 4.64. The monoisotopic (exact) mass is 307 g/mol. The van der Waals surface area contributed by atoms with Gasteiger partial charge in [-0.15, -0.1) is 0 Å². The zero-order chi connectivity index (χ0) is 14.7. The molecule has 0 aliphatic heterocycles. The van der Waals surface area contributed by atoms with E-state index in [2.05, 4.69) is 6.92 Å². The minimum absolute atomic E-state index is 0.0725. The number of carbonyl (C=O) groups excluding carboxylic acids is 1. The van der Waals surface area contributed by atoms with E-state index >= 15 is 0 Å². The van der Waals surface area contributed by atoms with Gasteiger partial charge in [-0.25, -0.2) is 0 Å². The highest BCUT2D eigenvalue weighted by molar-refractivity contribution is 6.33. The largest absolute Gasteiger partial charge is 0.367 e. The fraction of sp³-hybridized carbons (Fsp3) is 0.188. The molecule has 2 aromatic rings. The molecule has 104 valence electrons. The normalized spacial score (nSPS) is 12.0. The van der Waals surface area contributed by atoms with Gasteiger partial charge in [0.2, 0.25) is 0 Å². The van der Waals surface area contributed by atoms with E-state index in [0.29, 0.717) is 10.6 Å². The summed E-state index contributed by atoms with van der Waals surface area (Å²) in [5.74, 6) is 0. The number of hydrogen-bond donors (Lipinski definition) is 0. The zero-order valence-corrected chi connectivity index (χ0v) is 12.8. The molecular formula is C16H15Cl2NO. The zero-order valence-electron chi connectivity index (χ0n) is 11.3. The predicted molar refractivity (Wildman–Crippen MR) is 85.1 cm³/mol. The summed E-state index contributed by atoms with van der Waals surface area (Å²) in [6.45, 7) is 2.06. The van der Waals surface area contributed by atoms with Crippen molar-refractivity contribution in [2.24, 2.45) is 0 Å². The van der Waals surface area contributed by atoms with E-state index in [1.807, 2.05) is 42.3 Å². The molecule has 0 saturated carbocycles. The van der Waals surface area contributed by atoms with Gasteiger partial charge < -0.3 is 4.90 Å². The number of halogens is 2. The van der Waals surface area contributed by atoms with Crippen LogP contribution in [0.3, 0.4) is 0 Å². The van der Waals surface area contributed by atoms with Gasteiger partial charge in [0, 0.05) is 17.6 Å². The first-order chi connectivity index (χ1) is 9.54. The second-order valence-corrected chi connectivity index (χ2v) is 5.45. The molecular weight excluding hydrogens is 293 g/mol. The maximum atomic E-state index is 10.8. The van der Waals surface area contributed by atoms with Crippen LogP contribution in [0.15, 0.2) is 42.5 Å². The molecule has 0 aliphatic carbocycles. The van der Waals surface area contributed by atoms with Crippen molar-refractivity contribution in [2.45, 2.75) is 13.0 Å². The van der Waals surface area contributed by atoms with Crippen molar-refractivity contribution in [1.29, 1.82) is 0 Å². The second kappa shape index (κ2) is 6.29. The SMILES string of the molecule is CC(c1ccccc1Cl)N(C)c1ccc(C=O)cc1Cl. The van der Waals surface area contributed by atoms with Crippen LogP contribution in [-0.2, 0) is 0 Å². The molecule has 1 unspecified atom stereocenters. The average Bonchev–Trinajstić information content (AvgIpc) is 2.46. The molecule has 2 nitrogen and oxygen atoms in total. The Kier molecular flexibility index (Phi) is 4.69. The average molecular weight is 308 g/mol. The fourth-order valence-electron chi connectivity index (χ4n) is 2.11. The molecule has 1 atom stereocenters. The van der Waals surface area contributed by atoms with E-state index in [0.717, 1.165) is 22.6 Å². The Morgan fingerprint density at radius 2 is 1.80 bits per heavy atom. The number of anilines is 1. The Labute approximate surface area is 128 Å². The van der Waals surface area contributed by atoms with Gasteiger partial charge in [0.15, 0.2) is 0 Å². The van der Waals surface area contributed by atoms with Gasteiger partial charge >= 0.3 is 0 Å². The lowest BCUT2D eigenvalue weighted by atomic mass is 10.1. The highest BCUT2D eigenvalue weighted by atomic mass is 35.5. The molecule has 0 heterocycles. The van der Waals surface area contributed by atoms with E-state index in [-0.39, 0.29) is 6.04 Å². The molecule has 0 saturated heterocycles. The quantitative estimate of drug-likeness (QED) is 0.741.